The normalized spacial score (nSPS) is 12.2. The van der Waals surface area contributed by atoms with Gasteiger partial charge in [-0.15, -0.1) is 11.6 Å². The van der Waals surface area contributed by atoms with E-state index >= 15 is 0 Å². The number of hydrogen-bond donors (Lipinski definition) is 0. The lowest BCUT2D eigenvalue weighted by molar-refractivity contribution is 0.414. The molecule has 2 rings (SSSR count). The molecule has 1 nitrogen and oxygen atoms in total. The van der Waals surface area contributed by atoms with E-state index in [2.05, 4.69) is 15.9 Å². The average Bonchev–Trinajstić information content (AvgIpc) is 2.40. The van der Waals surface area contributed by atoms with Crippen LogP contribution in [0.4, 0.5) is 0 Å². The molecule has 1 unspecified atom stereocenters. The van der Waals surface area contributed by atoms with Crippen molar-refractivity contribution in [3.8, 4) is 5.75 Å². The minimum Gasteiger partial charge on any atom is -0.497 e. The van der Waals surface area contributed by atoms with Crippen molar-refractivity contribution < 1.29 is 4.74 Å². The molecule has 0 saturated carbocycles. The van der Waals surface area contributed by atoms with Gasteiger partial charge in [0.15, 0.2) is 0 Å². The largest absolute Gasteiger partial charge is 0.497 e. The maximum Gasteiger partial charge on any atom is 0.118 e. The molecule has 0 fully saturated rings. The maximum absolute atomic E-state index is 6.42. The predicted octanol–water partition coefficient (Wildman–Crippen LogP) is 4.98. The molecule has 0 aliphatic carbocycles. The van der Waals surface area contributed by atoms with Crippen molar-refractivity contribution >= 4 is 27.5 Å². The zero-order chi connectivity index (χ0) is 13.0. The van der Waals surface area contributed by atoms with E-state index in [-0.39, 0.29) is 5.38 Å². The van der Waals surface area contributed by atoms with Gasteiger partial charge in [-0.25, -0.2) is 0 Å². The zero-order valence-corrected chi connectivity index (χ0v) is 12.4. The molecule has 94 valence electrons. The average molecular weight is 326 g/mol. The van der Waals surface area contributed by atoms with Gasteiger partial charge in [-0.05, 0) is 41.8 Å². The van der Waals surface area contributed by atoms with E-state index < -0.39 is 0 Å². The standard InChI is InChI=1S/C15H14BrClO/c1-18-14-8-2-11(3-9-14)10-15(17)12-4-6-13(16)7-5-12/h2-9,15H,10H2,1H3. The van der Waals surface area contributed by atoms with Gasteiger partial charge in [0.05, 0.1) is 12.5 Å². The molecule has 0 amide bonds. The molecule has 0 spiro atoms. The highest BCUT2D eigenvalue weighted by Crippen LogP contribution is 2.26. The molecule has 0 bridgehead atoms. The second-order valence-corrected chi connectivity index (χ2v) is 5.51. The summed E-state index contributed by atoms with van der Waals surface area (Å²) in [6.07, 6.45) is 0.813. The van der Waals surface area contributed by atoms with Crippen LogP contribution in [-0.2, 0) is 6.42 Å². The van der Waals surface area contributed by atoms with Gasteiger partial charge in [-0.2, -0.15) is 0 Å². The molecular weight excluding hydrogens is 312 g/mol. The van der Waals surface area contributed by atoms with Crippen LogP contribution in [-0.4, -0.2) is 7.11 Å². The molecule has 18 heavy (non-hydrogen) atoms. The first kappa shape index (κ1) is 13.4. The number of benzene rings is 2. The van der Waals surface area contributed by atoms with E-state index in [0.717, 1.165) is 22.2 Å². The van der Waals surface area contributed by atoms with Crippen LogP contribution in [0, 0.1) is 0 Å². The third-order valence-electron chi connectivity index (χ3n) is 2.81. The van der Waals surface area contributed by atoms with Gasteiger partial charge in [0.1, 0.15) is 5.75 Å². The fraction of sp³-hybridized carbons (Fsp3) is 0.200. The molecule has 0 aromatic heterocycles. The third-order valence-corrected chi connectivity index (χ3v) is 3.74. The summed E-state index contributed by atoms with van der Waals surface area (Å²) in [6.45, 7) is 0. The summed E-state index contributed by atoms with van der Waals surface area (Å²) < 4.78 is 6.20. The Morgan fingerprint density at radius 1 is 1.06 bits per heavy atom. The van der Waals surface area contributed by atoms with Crippen LogP contribution in [0.5, 0.6) is 5.75 Å². The highest BCUT2D eigenvalue weighted by Gasteiger charge is 2.08. The predicted molar refractivity (Wildman–Crippen MR) is 79.4 cm³/mol. The Balaban J connectivity index is 2.05. The highest BCUT2D eigenvalue weighted by atomic mass is 79.9. The molecule has 2 aromatic carbocycles. The molecule has 0 saturated heterocycles. The molecule has 3 heteroatoms. The number of methoxy groups -OCH3 is 1. The second kappa shape index (κ2) is 6.26. The first-order chi connectivity index (χ1) is 8.69. The smallest absolute Gasteiger partial charge is 0.118 e. The van der Waals surface area contributed by atoms with Crippen LogP contribution in [0.1, 0.15) is 16.5 Å². The van der Waals surface area contributed by atoms with Crippen molar-refractivity contribution in [1.29, 1.82) is 0 Å². The molecule has 0 radical (unpaired) electrons. The summed E-state index contributed by atoms with van der Waals surface area (Å²) in [4.78, 5) is 0. The Morgan fingerprint density at radius 3 is 2.22 bits per heavy atom. The van der Waals surface area contributed by atoms with E-state index in [1.54, 1.807) is 7.11 Å². The second-order valence-electron chi connectivity index (χ2n) is 4.07. The lowest BCUT2D eigenvalue weighted by Gasteiger charge is -2.10. The lowest BCUT2D eigenvalue weighted by atomic mass is 10.0. The summed E-state index contributed by atoms with van der Waals surface area (Å²) in [5, 5.41) is -0.00788. The van der Waals surface area contributed by atoms with Gasteiger partial charge in [0, 0.05) is 4.47 Å². The highest BCUT2D eigenvalue weighted by molar-refractivity contribution is 9.10. The number of halogens is 2. The minimum atomic E-state index is -0.00788. The fourth-order valence-corrected chi connectivity index (χ4v) is 2.35. The molecule has 0 N–H and O–H groups in total. The molecular formula is C15H14BrClO. The Hall–Kier alpha value is -0.990. The Kier molecular flexibility index (Phi) is 4.67. The Morgan fingerprint density at radius 2 is 1.67 bits per heavy atom. The maximum atomic E-state index is 6.42. The quantitative estimate of drug-likeness (QED) is 0.720. The summed E-state index contributed by atoms with van der Waals surface area (Å²) in [6, 6.07) is 16.1. The fourth-order valence-electron chi connectivity index (χ4n) is 1.76. The van der Waals surface area contributed by atoms with Crippen molar-refractivity contribution in [2.45, 2.75) is 11.8 Å². The zero-order valence-electron chi connectivity index (χ0n) is 10.1. The number of alkyl halides is 1. The lowest BCUT2D eigenvalue weighted by Crippen LogP contribution is -1.95. The van der Waals surface area contributed by atoms with Crippen molar-refractivity contribution in [1.82, 2.24) is 0 Å². The summed E-state index contributed by atoms with van der Waals surface area (Å²) in [5.74, 6) is 0.869. The van der Waals surface area contributed by atoms with E-state index in [9.17, 15) is 0 Å². The Bertz CT molecular complexity index is 493. The van der Waals surface area contributed by atoms with Crippen molar-refractivity contribution in [3.05, 3.63) is 64.1 Å². The van der Waals surface area contributed by atoms with Gasteiger partial charge in [-0.3, -0.25) is 0 Å². The Labute approximate surface area is 121 Å². The van der Waals surface area contributed by atoms with Gasteiger partial charge < -0.3 is 4.74 Å². The summed E-state index contributed by atoms with van der Waals surface area (Å²) in [5.41, 5.74) is 2.34. The third kappa shape index (κ3) is 3.50. The SMILES string of the molecule is COc1ccc(CC(Cl)c2ccc(Br)cc2)cc1. The van der Waals surface area contributed by atoms with Crippen LogP contribution in [0.15, 0.2) is 53.0 Å². The summed E-state index contributed by atoms with van der Waals surface area (Å²) in [7, 11) is 1.67. The molecule has 0 aliphatic heterocycles. The van der Waals surface area contributed by atoms with Crippen molar-refractivity contribution in [2.75, 3.05) is 7.11 Å². The topological polar surface area (TPSA) is 9.23 Å². The first-order valence-electron chi connectivity index (χ1n) is 5.71. The molecule has 0 heterocycles. The molecule has 1 atom stereocenters. The van der Waals surface area contributed by atoms with Crippen molar-refractivity contribution in [2.24, 2.45) is 0 Å². The number of hydrogen-bond acceptors (Lipinski definition) is 1. The van der Waals surface area contributed by atoms with Crippen LogP contribution >= 0.6 is 27.5 Å². The molecule has 2 aromatic rings. The first-order valence-corrected chi connectivity index (χ1v) is 6.94. The van der Waals surface area contributed by atoms with Crippen molar-refractivity contribution in [3.63, 3.8) is 0 Å². The van der Waals surface area contributed by atoms with Gasteiger partial charge >= 0.3 is 0 Å². The van der Waals surface area contributed by atoms with E-state index in [0.29, 0.717) is 0 Å². The molecule has 0 aliphatic rings. The van der Waals surface area contributed by atoms with Gasteiger partial charge in [0.2, 0.25) is 0 Å². The van der Waals surface area contributed by atoms with Crippen LogP contribution in [0.2, 0.25) is 0 Å². The van der Waals surface area contributed by atoms with Gasteiger partial charge in [0.25, 0.3) is 0 Å². The monoisotopic (exact) mass is 324 g/mol. The van der Waals surface area contributed by atoms with Crippen LogP contribution in [0.3, 0.4) is 0 Å². The van der Waals surface area contributed by atoms with Crippen LogP contribution < -0.4 is 4.74 Å². The summed E-state index contributed by atoms with van der Waals surface area (Å²) >= 11 is 9.84. The van der Waals surface area contributed by atoms with E-state index in [1.807, 2.05) is 48.5 Å². The van der Waals surface area contributed by atoms with E-state index in [4.69, 9.17) is 16.3 Å². The van der Waals surface area contributed by atoms with Gasteiger partial charge in [-0.1, -0.05) is 40.2 Å². The minimum absolute atomic E-state index is 0.00788. The van der Waals surface area contributed by atoms with Crippen LogP contribution in [0.25, 0.3) is 0 Å². The number of rotatable bonds is 4. The van der Waals surface area contributed by atoms with E-state index in [1.165, 1.54) is 5.56 Å². The number of ether oxygens (including phenoxy) is 1.